The summed E-state index contributed by atoms with van der Waals surface area (Å²) in [6.45, 7) is -1.58. The number of alkyl halides is 3. The fourth-order valence-electron chi connectivity index (χ4n) is 0.709. The molecule has 1 aromatic rings. The van der Waals surface area contributed by atoms with Crippen LogP contribution in [-0.2, 0) is 11.2 Å². The van der Waals surface area contributed by atoms with E-state index in [1.165, 1.54) is 0 Å². The van der Waals surface area contributed by atoms with Crippen molar-refractivity contribution >= 4 is 5.97 Å². The van der Waals surface area contributed by atoms with Crippen molar-refractivity contribution in [2.24, 2.45) is 0 Å². The van der Waals surface area contributed by atoms with Gasteiger partial charge in [-0.2, -0.15) is 13.2 Å². The number of carboxylic acids is 1. The maximum atomic E-state index is 11.7. The van der Waals surface area contributed by atoms with Gasteiger partial charge in [-0.3, -0.25) is 4.79 Å². The first-order valence-corrected chi connectivity index (χ1v) is 3.61. The number of aromatic nitrogens is 2. The van der Waals surface area contributed by atoms with Crippen LogP contribution >= 0.6 is 0 Å². The van der Waals surface area contributed by atoms with Gasteiger partial charge in [-0.15, -0.1) is 0 Å². The molecule has 0 aliphatic rings. The summed E-state index contributed by atoms with van der Waals surface area (Å²) in [4.78, 5) is 10.2. The van der Waals surface area contributed by atoms with Gasteiger partial charge in [0.2, 0.25) is 0 Å². The van der Waals surface area contributed by atoms with Gasteiger partial charge in [0.05, 0.1) is 6.42 Å². The largest absolute Gasteiger partial charge is 0.481 e. The van der Waals surface area contributed by atoms with Gasteiger partial charge in [0, 0.05) is 0 Å². The minimum absolute atomic E-state index is 0.285. The lowest BCUT2D eigenvalue weighted by molar-refractivity contribution is -0.154. The molecule has 0 aromatic carbocycles. The highest BCUT2D eigenvalue weighted by molar-refractivity contribution is 5.70. The standard InChI is InChI=1S/C6H5F3N2O4/c7-6(8,9)2-14-5-3(1-4(12)13)10-15-11-5/h1-2H2,(H,12,13). The summed E-state index contributed by atoms with van der Waals surface area (Å²) in [6.07, 6.45) is -5.14. The molecule has 0 unspecified atom stereocenters. The Kier molecular flexibility index (Phi) is 3.12. The van der Waals surface area contributed by atoms with Gasteiger partial charge in [-0.1, -0.05) is 5.16 Å². The lowest BCUT2D eigenvalue weighted by Crippen LogP contribution is -2.20. The Balaban J connectivity index is 2.61. The highest BCUT2D eigenvalue weighted by atomic mass is 19.4. The van der Waals surface area contributed by atoms with Crippen LogP contribution in [0.25, 0.3) is 0 Å². The Morgan fingerprint density at radius 1 is 1.47 bits per heavy atom. The summed E-state index contributed by atoms with van der Waals surface area (Å²) < 4.78 is 43.4. The number of halogens is 3. The maximum absolute atomic E-state index is 11.7. The number of nitrogens with zero attached hydrogens (tertiary/aromatic N) is 2. The van der Waals surface area contributed by atoms with Gasteiger partial charge < -0.3 is 9.84 Å². The minimum Gasteiger partial charge on any atom is -0.481 e. The topological polar surface area (TPSA) is 85.5 Å². The number of hydrogen-bond acceptors (Lipinski definition) is 5. The summed E-state index contributed by atoms with van der Waals surface area (Å²) in [6, 6.07) is 0. The molecule has 1 N–H and O–H groups in total. The van der Waals surface area contributed by atoms with Gasteiger partial charge in [-0.05, 0) is 5.16 Å². The molecule has 6 nitrogen and oxygen atoms in total. The van der Waals surface area contributed by atoms with E-state index in [0.29, 0.717) is 0 Å². The normalized spacial score (nSPS) is 11.4. The third-order valence-electron chi connectivity index (χ3n) is 1.21. The van der Waals surface area contributed by atoms with Crippen LogP contribution in [0.4, 0.5) is 13.2 Å². The van der Waals surface area contributed by atoms with Crippen LogP contribution in [0.5, 0.6) is 5.88 Å². The van der Waals surface area contributed by atoms with Crippen LogP contribution in [0.2, 0.25) is 0 Å². The summed E-state index contributed by atoms with van der Waals surface area (Å²) in [5, 5.41) is 14.4. The van der Waals surface area contributed by atoms with Crippen molar-refractivity contribution < 1.29 is 32.4 Å². The summed E-state index contributed by atoms with van der Waals surface area (Å²) in [5.41, 5.74) is -0.285. The number of carbonyl (C=O) groups is 1. The Morgan fingerprint density at radius 2 is 2.13 bits per heavy atom. The highest BCUT2D eigenvalue weighted by Crippen LogP contribution is 2.19. The zero-order valence-electron chi connectivity index (χ0n) is 7.11. The van der Waals surface area contributed by atoms with Crippen LogP contribution in [0.15, 0.2) is 4.63 Å². The molecule has 9 heteroatoms. The average molecular weight is 226 g/mol. The molecule has 0 spiro atoms. The highest BCUT2D eigenvalue weighted by Gasteiger charge is 2.30. The van der Waals surface area contributed by atoms with Crippen molar-refractivity contribution in [1.82, 2.24) is 10.3 Å². The number of rotatable bonds is 4. The van der Waals surface area contributed by atoms with E-state index in [1.807, 2.05) is 0 Å². The van der Waals surface area contributed by atoms with Gasteiger partial charge in [0.1, 0.15) is 0 Å². The first-order chi connectivity index (χ1) is 6.88. The summed E-state index contributed by atoms with van der Waals surface area (Å²) in [7, 11) is 0. The van der Waals surface area contributed by atoms with Crippen LogP contribution in [-0.4, -0.2) is 34.2 Å². The molecule has 0 aliphatic heterocycles. The van der Waals surface area contributed by atoms with E-state index in [1.54, 1.807) is 0 Å². The third kappa shape index (κ3) is 3.83. The zero-order valence-corrected chi connectivity index (χ0v) is 7.11. The van der Waals surface area contributed by atoms with E-state index < -0.39 is 31.1 Å². The predicted octanol–water partition coefficient (Wildman–Crippen LogP) is 0.638. The van der Waals surface area contributed by atoms with Gasteiger partial charge in [0.15, 0.2) is 12.3 Å². The van der Waals surface area contributed by atoms with Crippen molar-refractivity contribution in [1.29, 1.82) is 0 Å². The molecule has 1 heterocycles. The van der Waals surface area contributed by atoms with E-state index in [9.17, 15) is 18.0 Å². The quantitative estimate of drug-likeness (QED) is 0.810. The van der Waals surface area contributed by atoms with E-state index in [2.05, 4.69) is 19.7 Å². The average Bonchev–Trinajstić information content (AvgIpc) is 2.46. The van der Waals surface area contributed by atoms with E-state index in [0.717, 1.165) is 0 Å². The van der Waals surface area contributed by atoms with Crippen molar-refractivity contribution in [2.45, 2.75) is 12.6 Å². The molecule has 0 saturated carbocycles. The molecule has 84 valence electrons. The Hall–Kier alpha value is -1.80. The first kappa shape index (κ1) is 11.3. The van der Waals surface area contributed by atoms with Crippen LogP contribution < -0.4 is 4.74 Å². The lowest BCUT2D eigenvalue weighted by Gasteiger charge is -2.05. The monoisotopic (exact) mass is 226 g/mol. The van der Waals surface area contributed by atoms with Gasteiger partial charge in [0.25, 0.3) is 5.88 Å². The Bertz CT molecular complexity index is 348. The van der Waals surface area contributed by atoms with Crippen molar-refractivity contribution in [3.63, 3.8) is 0 Å². The summed E-state index contributed by atoms with van der Waals surface area (Å²) >= 11 is 0. The third-order valence-corrected chi connectivity index (χ3v) is 1.21. The predicted molar refractivity (Wildman–Crippen MR) is 37.2 cm³/mol. The number of hydrogen-bond donors (Lipinski definition) is 1. The van der Waals surface area contributed by atoms with E-state index in [4.69, 9.17) is 5.11 Å². The molecule has 0 atom stereocenters. The fraction of sp³-hybridized carbons (Fsp3) is 0.500. The molecule has 0 amide bonds. The zero-order chi connectivity index (χ0) is 11.5. The molecular formula is C6H5F3N2O4. The molecular weight excluding hydrogens is 221 g/mol. The van der Waals surface area contributed by atoms with Gasteiger partial charge >= 0.3 is 12.1 Å². The lowest BCUT2D eigenvalue weighted by atomic mass is 10.3. The molecule has 1 aromatic heterocycles. The smallest absolute Gasteiger partial charge is 0.422 e. The van der Waals surface area contributed by atoms with E-state index >= 15 is 0 Å². The number of ether oxygens (including phenoxy) is 1. The molecule has 1 rings (SSSR count). The summed E-state index contributed by atoms with van der Waals surface area (Å²) in [5.74, 6) is -1.84. The van der Waals surface area contributed by atoms with Crippen LogP contribution in [0.1, 0.15) is 5.69 Å². The first-order valence-electron chi connectivity index (χ1n) is 3.61. The SMILES string of the molecule is O=C(O)Cc1nonc1OCC(F)(F)F. The Labute approximate surface area is 80.6 Å². The van der Waals surface area contributed by atoms with Crippen LogP contribution in [0, 0.1) is 0 Å². The second-order valence-electron chi connectivity index (χ2n) is 2.49. The molecule has 0 aliphatic carbocycles. The second kappa shape index (κ2) is 4.15. The number of carboxylic acid groups (broad SMARTS) is 1. The number of aliphatic carboxylic acids is 1. The molecule has 0 fully saturated rings. The molecule has 0 bridgehead atoms. The van der Waals surface area contributed by atoms with E-state index in [-0.39, 0.29) is 5.69 Å². The molecule has 0 radical (unpaired) electrons. The fourth-order valence-corrected chi connectivity index (χ4v) is 0.709. The van der Waals surface area contributed by atoms with Crippen molar-refractivity contribution in [3.8, 4) is 5.88 Å². The second-order valence-corrected chi connectivity index (χ2v) is 2.49. The maximum Gasteiger partial charge on any atom is 0.422 e. The van der Waals surface area contributed by atoms with Crippen molar-refractivity contribution in [2.75, 3.05) is 6.61 Å². The minimum atomic E-state index is -4.53. The van der Waals surface area contributed by atoms with Crippen molar-refractivity contribution in [3.05, 3.63) is 5.69 Å². The molecule has 0 saturated heterocycles. The van der Waals surface area contributed by atoms with Crippen LogP contribution in [0.3, 0.4) is 0 Å². The Morgan fingerprint density at radius 3 is 2.67 bits per heavy atom. The van der Waals surface area contributed by atoms with Gasteiger partial charge in [-0.25, -0.2) is 4.63 Å². The molecule has 15 heavy (non-hydrogen) atoms.